The van der Waals surface area contributed by atoms with Gasteiger partial charge in [0.1, 0.15) is 11.4 Å². The number of ether oxygens (including phenoxy) is 1. The SMILES string of the molecule is Cc1nc2c(=O)n(C3CC3)c3cc(-c4ccc5c(c4)CC(NC(=O)OC(C)(C)C)C5)c(F)cc3c2o1. The van der Waals surface area contributed by atoms with E-state index < -0.39 is 11.7 Å². The summed E-state index contributed by atoms with van der Waals surface area (Å²) < 4.78 is 28.4. The molecule has 1 fully saturated rings. The minimum absolute atomic E-state index is 0.0745. The average Bonchev–Trinajstić information content (AvgIpc) is 3.41. The quantitative estimate of drug-likeness (QED) is 0.406. The largest absolute Gasteiger partial charge is 0.444 e. The number of benzene rings is 2. The van der Waals surface area contributed by atoms with Gasteiger partial charge in [-0.05, 0) is 75.3 Å². The lowest BCUT2D eigenvalue weighted by Crippen LogP contribution is -2.39. The highest BCUT2D eigenvalue weighted by Gasteiger charge is 2.30. The first-order chi connectivity index (χ1) is 17.1. The van der Waals surface area contributed by atoms with Gasteiger partial charge in [0, 0.05) is 30.0 Å². The van der Waals surface area contributed by atoms with Crippen molar-refractivity contribution < 1.29 is 18.3 Å². The van der Waals surface area contributed by atoms with Gasteiger partial charge >= 0.3 is 6.09 Å². The number of carbonyl (C=O) groups is 1. The maximum Gasteiger partial charge on any atom is 0.407 e. The van der Waals surface area contributed by atoms with Crippen molar-refractivity contribution in [3.05, 3.63) is 63.5 Å². The smallest absolute Gasteiger partial charge is 0.407 e. The van der Waals surface area contributed by atoms with Crippen LogP contribution < -0.4 is 10.9 Å². The van der Waals surface area contributed by atoms with Crippen molar-refractivity contribution in [3.63, 3.8) is 0 Å². The first-order valence-electron chi connectivity index (χ1n) is 12.3. The number of alkyl carbamates (subject to hydrolysis) is 1. The molecule has 0 spiro atoms. The zero-order chi connectivity index (χ0) is 25.4. The van der Waals surface area contributed by atoms with Gasteiger partial charge in [-0.15, -0.1) is 0 Å². The van der Waals surface area contributed by atoms with Gasteiger partial charge in [0.2, 0.25) is 0 Å². The van der Waals surface area contributed by atoms with Gasteiger partial charge in [0.05, 0.1) is 5.52 Å². The Morgan fingerprint density at radius 3 is 2.64 bits per heavy atom. The Labute approximate surface area is 207 Å². The van der Waals surface area contributed by atoms with E-state index in [2.05, 4.69) is 10.3 Å². The third-order valence-electron chi connectivity index (χ3n) is 6.83. The topological polar surface area (TPSA) is 86.4 Å². The molecule has 4 aromatic rings. The van der Waals surface area contributed by atoms with E-state index in [4.69, 9.17) is 9.15 Å². The molecule has 1 saturated carbocycles. The lowest BCUT2D eigenvalue weighted by atomic mass is 9.98. The first-order valence-corrected chi connectivity index (χ1v) is 12.3. The molecule has 36 heavy (non-hydrogen) atoms. The molecule has 0 aliphatic heterocycles. The zero-order valence-corrected chi connectivity index (χ0v) is 20.8. The van der Waals surface area contributed by atoms with Crippen LogP contribution in [0.3, 0.4) is 0 Å². The van der Waals surface area contributed by atoms with Crippen molar-refractivity contribution in [2.45, 2.75) is 71.1 Å². The molecule has 186 valence electrons. The number of amides is 1. The molecule has 2 aromatic carbocycles. The van der Waals surface area contributed by atoms with Crippen molar-refractivity contribution in [1.82, 2.24) is 14.9 Å². The number of aryl methyl sites for hydroxylation is 1. The number of aromatic nitrogens is 2. The van der Waals surface area contributed by atoms with Crippen LogP contribution in [0.5, 0.6) is 0 Å². The second-order valence-corrected chi connectivity index (χ2v) is 10.9. The predicted molar refractivity (Wildman–Crippen MR) is 135 cm³/mol. The Kier molecular flexibility index (Phi) is 5.00. The fourth-order valence-corrected chi connectivity index (χ4v) is 5.20. The van der Waals surface area contributed by atoms with Crippen molar-refractivity contribution >= 4 is 28.1 Å². The summed E-state index contributed by atoms with van der Waals surface area (Å²) in [6.45, 7) is 7.18. The van der Waals surface area contributed by atoms with E-state index in [1.54, 1.807) is 17.6 Å². The Morgan fingerprint density at radius 2 is 1.92 bits per heavy atom. The fraction of sp³-hybridized carbons (Fsp3) is 0.393. The number of nitrogens with one attached hydrogen (secondary N) is 1. The molecule has 0 saturated heterocycles. The molecule has 2 aliphatic rings. The van der Waals surface area contributed by atoms with Crippen LogP contribution in [-0.4, -0.2) is 27.3 Å². The van der Waals surface area contributed by atoms with Crippen LogP contribution in [0.15, 0.2) is 39.5 Å². The Balaban J connectivity index is 1.38. The number of oxazole rings is 1. The van der Waals surface area contributed by atoms with Crippen LogP contribution in [0.1, 0.15) is 56.7 Å². The van der Waals surface area contributed by atoms with Gasteiger partial charge in [-0.1, -0.05) is 18.2 Å². The number of fused-ring (bicyclic) bond motifs is 4. The third-order valence-corrected chi connectivity index (χ3v) is 6.83. The summed E-state index contributed by atoms with van der Waals surface area (Å²) >= 11 is 0. The van der Waals surface area contributed by atoms with E-state index in [0.717, 1.165) is 29.5 Å². The van der Waals surface area contributed by atoms with Crippen molar-refractivity contribution in [2.24, 2.45) is 0 Å². The van der Waals surface area contributed by atoms with E-state index in [0.29, 0.717) is 40.8 Å². The van der Waals surface area contributed by atoms with Gasteiger partial charge in [-0.25, -0.2) is 14.2 Å². The highest BCUT2D eigenvalue weighted by Crippen LogP contribution is 2.39. The van der Waals surface area contributed by atoms with Gasteiger partial charge in [-0.3, -0.25) is 4.79 Å². The molecule has 1 N–H and O–H groups in total. The summed E-state index contributed by atoms with van der Waals surface area (Å²) in [6.07, 6.45) is 2.72. The first kappa shape index (κ1) is 22.8. The lowest BCUT2D eigenvalue weighted by molar-refractivity contribution is 0.0506. The molecule has 8 heteroatoms. The lowest BCUT2D eigenvalue weighted by Gasteiger charge is -2.21. The van der Waals surface area contributed by atoms with Crippen molar-refractivity contribution in [1.29, 1.82) is 0 Å². The molecular formula is C28H28FN3O4. The Bertz CT molecular complexity index is 1610. The molecule has 6 rings (SSSR count). The number of nitrogens with zero attached hydrogens (tertiary/aromatic N) is 2. The van der Waals surface area contributed by atoms with Gasteiger partial charge in [0.15, 0.2) is 17.0 Å². The van der Waals surface area contributed by atoms with E-state index in [-0.39, 0.29) is 29.0 Å². The van der Waals surface area contributed by atoms with Crippen LogP contribution in [0.4, 0.5) is 9.18 Å². The standard InChI is InChI=1S/C28H28FN3O4/c1-14-30-24-25(35-14)21-12-22(29)20(13-23(21)32(26(24)33)19-7-8-19)16-6-5-15-10-18(11-17(15)9-16)31-27(34)36-28(2,3)4/h5-6,9,12-13,18-19H,7-8,10-11H2,1-4H3,(H,31,34). The summed E-state index contributed by atoms with van der Waals surface area (Å²) in [7, 11) is 0. The molecule has 1 unspecified atom stereocenters. The van der Waals surface area contributed by atoms with Gasteiger partial charge < -0.3 is 19.0 Å². The van der Waals surface area contributed by atoms with Crippen LogP contribution in [-0.2, 0) is 17.6 Å². The predicted octanol–water partition coefficient (Wildman–Crippen LogP) is 5.58. The minimum atomic E-state index is -0.562. The summed E-state index contributed by atoms with van der Waals surface area (Å²) in [5, 5.41) is 3.50. The molecule has 2 aliphatic carbocycles. The number of halogens is 1. The normalized spacial score (nSPS) is 17.5. The van der Waals surface area contributed by atoms with E-state index in [1.165, 1.54) is 6.07 Å². The van der Waals surface area contributed by atoms with Gasteiger partial charge in [-0.2, -0.15) is 0 Å². The van der Waals surface area contributed by atoms with Crippen LogP contribution in [0, 0.1) is 12.7 Å². The maximum atomic E-state index is 15.5. The molecule has 2 aromatic heterocycles. The summed E-state index contributed by atoms with van der Waals surface area (Å²) in [5.41, 5.74) is 3.83. The van der Waals surface area contributed by atoms with E-state index >= 15 is 4.39 Å². The van der Waals surface area contributed by atoms with E-state index in [1.807, 2.05) is 39.0 Å². The summed E-state index contributed by atoms with van der Waals surface area (Å²) in [6, 6.07) is 9.10. The molecule has 7 nitrogen and oxygen atoms in total. The van der Waals surface area contributed by atoms with E-state index in [9.17, 15) is 9.59 Å². The molecule has 0 bridgehead atoms. The second kappa shape index (κ2) is 7.91. The Hall–Kier alpha value is -3.68. The van der Waals surface area contributed by atoms with Crippen LogP contribution in [0.2, 0.25) is 0 Å². The average molecular weight is 490 g/mol. The van der Waals surface area contributed by atoms with Crippen molar-refractivity contribution in [2.75, 3.05) is 0 Å². The minimum Gasteiger partial charge on any atom is -0.444 e. The van der Waals surface area contributed by atoms with Crippen LogP contribution in [0.25, 0.3) is 33.1 Å². The number of carbonyl (C=O) groups excluding carboxylic acids is 1. The number of hydrogen-bond donors (Lipinski definition) is 1. The van der Waals surface area contributed by atoms with Gasteiger partial charge in [0.25, 0.3) is 5.56 Å². The fourth-order valence-electron chi connectivity index (χ4n) is 5.20. The molecule has 0 radical (unpaired) electrons. The molecule has 2 heterocycles. The molecular weight excluding hydrogens is 461 g/mol. The summed E-state index contributed by atoms with van der Waals surface area (Å²) in [4.78, 5) is 29.7. The Morgan fingerprint density at radius 1 is 1.17 bits per heavy atom. The number of pyridine rings is 1. The van der Waals surface area contributed by atoms with Crippen molar-refractivity contribution in [3.8, 4) is 11.1 Å². The number of hydrogen-bond acceptors (Lipinski definition) is 5. The third kappa shape index (κ3) is 3.94. The number of rotatable bonds is 3. The highest BCUT2D eigenvalue weighted by atomic mass is 19.1. The maximum absolute atomic E-state index is 15.5. The zero-order valence-electron chi connectivity index (χ0n) is 20.8. The molecule has 1 atom stereocenters. The summed E-state index contributed by atoms with van der Waals surface area (Å²) in [5.74, 6) is -0.00479. The highest BCUT2D eigenvalue weighted by molar-refractivity contribution is 6.02. The monoisotopic (exact) mass is 489 g/mol. The van der Waals surface area contributed by atoms with Crippen LogP contribution >= 0.6 is 0 Å². The molecule has 1 amide bonds. The second-order valence-electron chi connectivity index (χ2n) is 10.9.